The van der Waals surface area contributed by atoms with E-state index in [0.717, 1.165) is 31.7 Å². The van der Waals surface area contributed by atoms with E-state index < -0.39 is 0 Å². The van der Waals surface area contributed by atoms with E-state index in [1.807, 2.05) is 4.90 Å². The number of likely N-dealkylation sites (tertiary alicyclic amines) is 1. The zero-order chi connectivity index (χ0) is 16.1. The highest BCUT2D eigenvalue weighted by molar-refractivity contribution is 5.87. The smallest absolute Gasteiger partial charge is 0.245 e. The van der Waals surface area contributed by atoms with Gasteiger partial charge in [0.1, 0.15) is 11.9 Å². The molecular formula is C20H27NO2. The Morgan fingerprint density at radius 2 is 1.87 bits per heavy atom. The van der Waals surface area contributed by atoms with Crippen LogP contribution in [0.5, 0.6) is 5.75 Å². The molecule has 0 bridgehead atoms. The van der Waals surface area contributed by atoms with Gasteiger partial charge >= 0.3 is 0 Å². The van der Waals surface area contributed by atoms with Crippen LogP contribution in [0.15, 0.2) is 36.9 Å². The highest BCUT2D eigenvalue weighted by atomic mass is 16.5. The molecule has 0 atom stereocenters. The third-order valence-electron chi connectivity index (χ3n) is 5.17. The van der Waals surface area contributed by atoms with Crippen LogP contribution in [0.2, 0.25) is 0 Å². The monoisotopic (exact) mass is 313 g/mol. The van der Waals surface area contributed by atoms with Crippen LogP contribution in [-0.4, -0.2) is 30.0 Å². The quantitative estimate of drug-likeness (QED) is 0.776. The van der Waals surface area contributed by atoms with Gasteiger partial charge in [0.2, 0.25) is 5.91 Å². The summed E-state index contributed by atoms with van der Waals surface area (Å²) >= 11 is 0. The van der Waals surface area contributed by atoms with Gasteiger partial charge in [0, 0.05) is 25.9 Å². The summed E-state index contributed by atoms with van der Waals surface area (Å²) in [7, 11) is 0. The van der Waals surface area contributed by atoms with Gasteiger partial charge in [-0.3, -0.25) is 4.79 Å². The number of rotatable bonds is 4. The fourth-order valence-corrected chi connectivity index (χ4v) is 3.79. The van der Waals surface area contributed by atoms with E-state index in [9.17, 15) is 4.79 Å². The summed E-state index contributed by atoms with van der Waals surface area (Å²) in [5.41, 5.74) is 1.43. The first-order chi connectivity index (χ1) is 11.3. The minimum Gasteiger partial charge on any atom is -0.490 e. The van der Waals surface area contributed by atoms with E-state index in [2.05, 4.69) is 30.8 Å². The molecule has 1 aromatic rings. The molecule has 1 amide bonds. The third kappa shape index (κ3) is 4.15. The first-order valence-corrected chi connectivity index (χ1v) is 8.94. The molecule has 3 nitrogen and oxygen atoms in total. The number of carbonyl (C=O) groups excluding carboxylic acids is 1. The van der Waals surface area contributed by atoms with Gasteiger partial charge in [-0.15, -0.1) is 0 Å². The Hall–Kier alpha value is -1.77. The fraction of sp³-hybridized carbons (Fsp3) is 0.550. The molecule has 0 unspecified atom stereocenters. The second kappa shape index (κ2) is 7.67. The molecule has 1 saturated heterocycles. The second-order valence-corrected chi connectivity index (χ2v) is 6.75. The summed E-state index contributed by atoms with van der Waals surface area (Å²) in [6.45, 7) is 5.08. The first kappa shape index (κ1) is 16.1. The van der Waals surface area contributed by atoms with Crippen LogP contribution >= 0.6 is 0 Å². The number of hydrogen-bond donors (Lipinski definition) is 0. The van der Waals surface area contributed by atoms with Crippen LogP contribution in [0, 0.1) is 0 Å². The van der Waals surface area contributed by atoms with Gasteiger partial charge < -0.3 is 9.64 Å². The van der Waals surface area contributed by atoms with Crippen LogP contribution < -0.4 is 4.74 Å². The van der Waals surface area contributed by atoms with Gasteiger partial charge in [-0.1, -0.05) is 38.0 Å². The lowest BCUT2D eigenvalue weighted by Crippen LogP contribution is -2.41. The molecule has 2 fully saturated rings. The maximum absolute atomic E-state index is 11.6. The zero-order valence-electron chi connectivity index (χ0n) is 13.9. The number of amides is 1. The fourth-order valence-electron chi connectivity index (χ4n) is 3.79. The van der Waals surface area contributed by atoms with Crippen LogP contribution in [0.25, 0.3) is 0 Å². The highest BCUT2D eigenvalue weighted by Crippen LogP contribution is 2.34. The SMILES string of the molecule is C=CC(=O)N1CCC(Oc2cccc(C3CCCCC3)c2)CC1. The number of carbonyl (C=O) groups is 1. The Morgan fingerprint density at radius 3 is 2.57 bits per heavy atom. The normalized spacial score (nSPS) is 20.3. The zero-order valence-corrected chi connectivity index (χ0v) is 13.9. The molecule has 1 aliphatic carbocycles. The molecule has 124 valence electrons. The molecule has 0 spiro atoms. The molecule has 2 aliphatic rings. The summed E-state index contributed by atoms with van der Waals surface area (Å²) in [4.78, 5) is 13.5. The van der Waals surface area contributed by atoms with Crippen molar-refractivity contribution in [1.29, 1.82) is 0 Å². The minimum absolute atomic E-state index is 0.0303. The summed E-state index contributed by atoms with van der Waals surface area (Å²) < 4.78 is 6.18. The van der Waals surface area contributed by atoms with Crippen molar-refractivity contribution >= 4 is 5.91 Å². The van der Waals surface area contributed by atoms with E-state index >= 15 is 0 Å². The summed E-state index contributed by atoms with van der Waals surface area (Å²) in [5, 5.41) is 0. The summed E-state index contributed by atoms with van der Waals surface area (Å²) in [6, 6.07) is 8.66. The van der Waals surface area contributed by atoms with Crippen molar-refractivity contribution in [2.45, 2.75) is 57.0 Å². The molecule has 0 radical (unpaired) electrons. The summed E-state index contributed by atoms with van der Waals surface area (Å²) in [6.07, 6.45) is 10.1. The maximum Gasteiger partial charge on any atom is 0.245 e. The van der Waals surface area contributed by atoms with Crippen molar-refractivity contribution in [3.63, 3.8) is 0 Å². The number of piperidine rings is 1. The molecule has 1 aliphatic heterocycles. The van der Waals surface area contributed by atoms with Gasteiger partial charge in [0.25, 0.3) is 0 Å². The third-order valence-corrected chi connectivity index (χ3v) is 5.17. The van der Waals surface area contributed by atoms with E-state index in [1.165, 1.54) is 43.7 Å². The van der Waals surface area contributed by atoms with Crippen molar-refractivity contribution in [2.75, 3.05) is 13.1 Å². The number of benzene rings is 1. The topological polar surface area (TPSA) is 29.5 Å². The summed E-state index contributed by atoms with van der Waals surface area (Å²) in [5.74, 6) is 1.73. The lowest BCUT2D eigenvalue weighted by Gasteiger charge is -2.31. The first-order valence-electron chi connectivity index (χ1n) is 8.94. The number of ether oxygens (including phenoxy) is 1. The van der Waals surface area contributed by atoms with Gasteiger partial charge in [-0.25, -0.2) is 0 Å². The Balaban J connectivity index is 1.56. The van der Waals surface area contributed by atoms with E-state index in [4.69, 9.17) is 4.74 Å². The van der Waals surface area contributed by atoms with Crippen LogP contribution in [0.3, 0.4) is 0 Å². The molecule has 0 N–H and O–H groups in total. The molecule has 1 saturated carbocycles. The Labute approximate surface area is 139 Å². The van der Waals surface area contributed by atoms with Gasteiger partial charge in [-0.2, -0.15) is 0 Å². The van der Waals surface area contributed by atoms with Gasteiger partial charge in [0.05, 0.1) is 0 Å². The lowest BCUT2D eigenvalue weighted by molar-refractivity contribution is -0.127. The highest BCUT2D eigenvalue weighted by Gasteiger charge is 2.23. The molecule has 1 aromatic carbocycles. The van der Waals surface area contributed by atoms with Crippen molar-refractivity contribution in [3.8, 4) is 5.75 Å². The van der Waals surface area contributed by atoms with Crippen LogP contribution in [0.1, 0.15) is 56.4 Å². The average Bonchev–Trinajstić information content (AvgIpc) is 2.63. The van der Waals surface area contributed by atoms with Gasteiger partial charge in [0.15, 0.2) is 0 Å². The molecular weight excluding hydrogens is 286 g/mol. The average molecular weight is 313 g/mol. The van der Waals surface area contributed by atoms with Crippen molar-refractivity contribution < 1.29 is 9.53 Å². The molecule has 3 rings (SSSR count). The van der Waals surface area contributed by atoms with Gasteiger partial charge in [-0.05, 0) is 42.5 Å². The Morgan fingerprint density at radius 1 is 1.13 bits per heavy atom. The largest absolute Gasteiger partial charge is 0.490 e. The predicted octanol–water partition coefficient (Wildman–Crippen LogP) is 4.29. The Bertz CT molecular complexity index is 540. The Kier molecular flexibility index (Phi) is 5.37. The number of nitrogens with zero attached hydrogens (tertiary/aromatic N) is 1. The molecule has 0 aromatic heterocycles. The van der Waals surface area contributed by atoms with Crippen LogP contribution in [0.4, 0.5) is 0 Å². The lowest BCUT2D eigenvalue weighted by atomic mass is 9.84. The van der Waals surface area contributed by atoms with Crippen LogP contribution in [-0.2, 0) is 4.79 Å². The second-order valence-electron chi connectivity index (χ2n) is 6.75. The van der Waals surface area contributed by atoms with E-state index in [-0.39, 0.29) is 12.0 Å². The number of hydrogen-bond acceptors (Lipinski definition) is 2. The molecule has 3 heteroatoms. The van der Waals surface area contributed by atoms with E-state index in [0.29, 0.717) is 5.92 Å². The molecule has 1 heterocycles. The molecule has 23 heavy (non-hydrogen) atoms. The maximum atomic E-state index is 11.6. The predicted molar refractivity (Wildman–Crippen MR) is 92.7 cm³/mol. The van der Waals surface area contributed by atoms with Crippen molar-refractivity contribution in [3.05, 3.63) is 42.5 Å². The minimum atomic E-state index is 0.0303. The standard InChI is InChI=1S/C20H27NO2/c1-2-20(22)21-13-11-18(12-14-21)23-19-10-6-9-17(15-19)16-7-4-3-5-8-16/h2,6,9-10,15-16,18H,1,3-5,7-8,11-14H2. The van der Waals surface area contributed by atoms with E-state index in [1.54, 1.807) is 0 Å². The van der Waals surface area contributed by atoms with Crippen molar-refractivity contribution in [1.82, 2.24) is 4.90 Å². The van der Waals surface area contributed by atoms with Crippen molar-refractivity contribution in [2.24, 2.45) is 0 Å².